The third-order valence-electron chi connectivity index (χ3n) is 3.02. The number of halogens is 4. The second-order valence-electron chi connectivity index (χ2n) is 5.09. The zero-order valence-corrected chi connectivity index (χ0v) is 14.4. The topological polar surface area (TPSA) is 64.6 Å². The molecule has 2 aromatic rings. The Labute approximate surface area is 157 Å². The molecule has 0 saturated carbocycles. The number of benzene rings is 2. The van der Waals surface area contributed by atoms with Gasteiger partial charge < -0.3 is 14.8 Å². The molecule has 0 saturated heterocycles. The van der Waals surface area contributed by atoms with Gasteiger partial charge in [-0.15, -0.1) is 13.2 Å². The number of hydrogen-bond acceptors (Lipinski definition) is 4. The Morgan fingerprint density at radius 3 is 2.37 bits per heavy atom. The van der Waals surface area contributed by atoms with E-state index in [2.05, 4.69) is 10.1 Å². The summed E-state index contributed by atoms with van der Waals surface area (Å²) in [6.07, 6.45) is -2.40. The molecular weight excluding hydrogens is 387 g/mol. The van der Waals surface area contributed by atoms with Crippen molar-refractivity contribution in [3.63, 3.8) is 0 Å². The van der Waals surface area contributed by atoms with Crippen LogP contribution in [-0.4, -0.2) is 24.8 Å². The molecule has 2 rings (SSSR count). The van der Waals surface area contributed by atoms with Gasteiger partial charge in [-0.1, -0.05) is 35.9 Å². The van der Waals surface area contributed by atoms with Gasteiger partial charge in [-0.05, 0) is 35.9 Å². The number of rotatable bonds is 6. The summed E-state index contributed by atoms with van der Waals surface area (Å²) in [4.78, 5) is 23.3. The van der Waals surface area contributed by atoms with Crippen molar-refractivity contribution < 1.29 is 32.2 Å². The summed E-state index contributed by atoms with van der Waals surface area (Å²) in [7, 11) is 0. The van der Waals surface area contributed by atoms with Crippen LogP contribution in [0.25, 0.3) is 6.08 Å². The van der Waals surface area contributed by atoms with Gasteiger partial charge in [0.1, 0.15) is 5.75 Å². The maximum absolute atomic E-state index is 12.1. The molecule has 0 spiro atoms. The average molecular weight is 400 g/mol. The number of nitrogens with one attached hydrogen (secondary N) is 1. The second kappa shape index (κ2) is 9.09. The Bertz CT molecular complexity index is 835. The summed E-state index contributed by atoms with van der Waals surface area (Å²) in [6, 6.07) is 11.4. The van der Waals surface area contributed by atoms with Crippen LogP contribution in [0.5, 0.6) is 5.75 Å². The molecule has 0 radical (unpaired) electrons. The first-order chi connectivity index (χ1) is 12.7. The number of para-hydroxylation sites is 1. The van der Waals surface area contributed by atoms with Crippen molar-refractivity contribution in [2.24, 2.45) is 0 Å². The highest BCUT2D eigenvalue weighted by Gasteiger charge is 2.30. The molecule has 0 aliphatic rings. The first-order valence-electron chi connectivity index (χ1n) is 7.48. The van der Waals surface area contributed by atoms with Crippen molar-refractivity contribution in [2.75, 3.05) is 11.9 Å². The van der Waals surface area contributed by atoms with Crippen LogP contribution in [0.1, 0.15) is 5.56 Å². The Hall–Kier alpha value is -3.00. The highest BCUT2D eigenvalue weighted by Crippen LogP contribution is 2.23. The third-order valence-corrected chi connectivity index (χ3v) is 3.35. The molecule has 27 heavy (non-hydrogen) atoms. The maximum atomic E-state index is 12.1. The summed E-state index contributed by atoms with van der Waals surface area (Å²) in [5, 5.41) is 2.83. The number of alkyl halides is 3. The Balaban J connectivity index is 1.81. The Kier molecular flexibility index (Phi) is 6.84. The van der Waals surface area contributed by atoms with Gasteiger partial charge in [-0.25, -0.2) is 4.79 Å². The lowest BCUT2D eigenvalue weighted by Crippen LogP contribution is -2.20. The van der Waals surface area contributed by atoms with E-state index in [0.29, 0.717) is 16.3 Å². The number of carbonyl (C=O) groups is 2. The Morgan fingerprint density at radius 1 is 1.07 bits per heavy atom. The fourth-order valence-corrected chi connectivity index (χ4v) is 2.06. The molecule has 0 aliphatic carbocycles. The molecule has 0 atom stereocenters. The lowest BCUT2D eigenvalue weighted by molar-refractivity contribution is -0.274. The predicted octanol–water partition coefficient (Wildman–Crippen LogP) is 4.43. The van der Waals surface area contributed by atoms with E-state index in [4.69, 9.17) is 16.3 Å². The molecule has 142 valence electrons. The van der Waals surface area contributed by atoms with Crippen molar-refractivity contribution in [1.82, 2.24) is 0 Å². The quantitative estimate of drug-likeness (QED) is 0.576. The number of amides is 1. The van der Waals surface area contributed by atoms with E-state index in [1.165, 1.54) is 18.2 Å². The molecule has 1 N–H and O–H groups in total. The molecule has 0 aromatic heterocycles. The summed E-state index contributed by atoms with van der Waals surface area (Å²) < 4.78 is 44.7. The monoisotopic (exact) mass is 399 g/mol. The van der Waals surface area contributed by atoms with Crippen LogP contribution < -0.4 is 10.1 Å². The minimum Gasteiger partial charge on any atom is -0.452 e. The zero-order valence-electron chi connectivity index (χ0n) is 13.6. The van der Waals surface area contributed by atoms with Gasteiger partial charge in [-0.2, -0.15) is 0 Å². The van der Waals surface area contributed by atoms with Crippen molar-refractivity contribution in [2.45, 2.75) is 6.36 Å². The zero-order chi connectivity index (χ0) is 19.9. The summed E-state index contributed by atoms with van der Waals surface area (Å²) >= 11 is 5.89. The largest absolute Gasteiger partial charge is 0.573 e. The van der Waals surface area contributed by atoms with E-state index >= 15 is 0 Å². The molecule has 0 aliphatic heterocycles. The lowest BCUT2D eigenvalue weighted by atomic mass is 10.2. The van der Waals surface area contributed by atoms with E-state index in [-0.39, 0.29) is 5.75 Å². The first-order valence-corrected chi connectivity index (χ1v) is 7.86. The molecular formula is C18H13ClF3NO4. The third kappa shape index (κ3) is 7.41. The normalized spacial score (nSPS) is 11.3. The predicted molar refractivity (Wildman–Crippen MR) is 93.2 cm³/mol. The SMILES string of the molecule is O=C(COC(=O)/C=C/c1ccc(OC(F)(F)F)cc1)Nc1ccccc1Cl. The van der Waals surface area contributed by atoms with E-state index in [0.717, 1.165) is 18.2 Å². The molecule has 0 heterocycles. The number of carbonyl (C=O) groups excluding carboxylic acids is 2. The van der Waals surface area contributed by atoms with E-state index in [1.807, 2.05) is 0 Å². The second-order valence-corrected chi connectivity index (χ2v) is 5.49. The van der Waals surface area contributed by atoms with Crippen LogP contribution in [0.2, 0.25) is 5.02 Å². The van der Waals surface area contributed by atoms with Crippen molar-refractivity contribution >= 4 is 35.2 Å². The number of ether oxygens (including phenoxy) is 2. The fourth-order valence-electron chi connectivity index (χ4n) is 1.88. The van der Waals surface area contributed by atoms with Crippen molar-refractivity contribution in [3.8, 4) is 5.75 Å². The Morgan fingerprint density at radius 2 is 1.74 bits per heavy atom. The molecule has 0 fully saturated rings. The van der Waals surface area contributed by atoms with Gasteiger partial charge in [0.25, 0.3) is 5.91 Å². The molecule has 2 aromatic carbocycles. The number of esters is 1. The van der Waals surface area contributed by atoms with Gasteiger partial charge in [0.15, 0.2) is 6.61 Å². The number of hydrogen-bond donors (Lipinski definition) is 1. The smallest absolute Gasteiger partial charge is 0.452 e. The highest BCUT2D eigenvalue weighted by molar-refractivity contribution is 6.33. The average Bonchev–Trinajstić information content (AvgIpc) is 2.60. The number of anilines is 1. The molecule has 5 nitrogen and oxygen atoms in total. The standard InChI is InChI=1S/C18H13ClF3NO4/c19-14-3-1-2-4-15(14)23-16(24)11-26-17(25)10-7-12-5-8-13(9-6-12)27-18(20,21)22/h1-10H,11H2,(H,23,24)/b10-7+. The van der Waals surface area contributed by atoms with E-state index in [9.17, 15) is 22.8 Å². The first kappa shape index (κ1) is 20.3. The van der Waals surface area contributed by atoms with Crippen LogP contribution in [0.3, 0.4) is 0 Å². The van der Waals surface area contributed by atoms with Crippen LogP contribution >= 0.6 is 11.6 Å². The van der Waals surface area contributed by atoms with Gasteiger partial charge >= 0.3 is 12.3 Å². The summed E-state index contributed by atoms with van der Waals surface area (Å²) in [5.74, 6) is -1.74. The van der Waals surface area contributed by atoms with Gasteiger partial charge in [0.05, 0.1) is 10.7 Å². The van der Waals surface area contributed by atoms with Crippen LogP contribution in [0, 0.1) is 0 Å². The van der Waals surface area contributed by atoms with Gasteiger partial charge in [-0.3, -0.25) is 4.79 Å². The van der Waals surface area contributed by atoms with Crippen molar-refractivity contribution in [3.05, 3.63) is 65.2 Å². The molecule has 0 unspecified atom stereocenters. The minimum absolute atomic E-state index is 0.343. The molecule has 0 bridgehead atoms. The van der Waals surface area contributed by atoms with Gasteiger partial charge in [0, 0.05) is 6.08 Å². The summed E-state index contributed by atoms with van der Waals surface area (Å²) in [5.41, 5.74) is 0.832. The van der Waals surface area contributed by atoms with Crippen molar-refractivity contribution in [1.29, 1.82) is 0 Å². The molecule has 1 amide bonds. The molecule has 9 heteroatoms. The maximum Gasteiger partial charge on any atom is 0.573 e. The van der Waals surface area contributed by atoms with Crippen LogP contribution in [0.4, 0.5) is 18.9 Å². The minimum atomic E-state index is -4.77. The summed E-state index contributed by atoms with van der Waals surface area (Å²) in [6.45, 7) is -0.521. The van der Waals surface area contributed by atoms with Crippen LogP contribution in [0.15, 0.2) is 54.6 Å². The van der Waals surface area contributed by atoms with Gasteiger partial charge in [0.2, 0.25) is 0 Å². The van der Waals surface area contributed by atoms with E-state index in [1.54, 1.807) is 24.3 Å². The van der Waals surface area contributed by atoms with Crippen LogP contribution in [-0.2, 0) is 14.3 Å². The van der Waals surface area contributed by atoms with E-state index < -0.39 is 24.8 Å². The highest BCUT2D eigenvalue weighted by atomic mass is 35.5. The fraction of sp³-hybridized carbons (Fsp3) is 0.111. The lowest BCUT2D eigenvalue weighted by Gasteiger charge is -2.08.